The molecule has 4 heteroatoms. The van der Waals surface area contributed by atoms with E-state index in [2.05, 4.69) is 6.92 Å². The second kappa shape index (κ2) is 5.14. The summed E-state index contributed by atoms with van der Waals surface area (Å²) in [6.45, 7) is 5.61. The fourth-order valence-corrected chi connectivity index (χ4v) is 6.91. The van der Waals surface area contributed by atoms with Crippen molar-refractivity contribution in [2.24, 2.45) is 28.6 Å². The minimum Gasteiger partial charge on any atom is -0.393 e. The Kier molecular flexibility index (Phi) is 3.53. The minimum atomic E-state index is -1.32. The van der Waals surface area contributed by atoms with Crippen LogP contribution in [0.3, 0.4) is 0 Å². The molecule has 0 aliphatic heterocycles. The van der Waals surface area contributed by atoms with E-state index in [9.17, 15) is 19.8 Å². The third-order valence-electron chi connectivity index (χ3n) is 8.23. The van der Waals surface area contributed by atoms with E-state index in [0.717, 1.165) is 24.8 Å². The van der Waals surface area contributed by atoms with Crippen molar-refractivity contribution in [1.82, 2.24) is 0 Å². The first-order valence-electron chi connectivity index (χ1n) is 9.49. The molecule has 4 aliphatic carbocycles. The number of fused-ring (bicyclic) bond motifs is 5. The van der Waals surface area contributed by atoms with E-state index >= 15 is 0 Å². The molecule has 0 spiro atoms. The molecular weight excluding hydrogens is 316 g/mol. The summed E-state index contributed by atoms with van der Waals surface area (Å²) in [5, 5.41) is 22.3. The van der Waals surface area contributed by atoms with Gasteiger partial charge in [0.1, 0.15) is 5.60 Å². The lowest BCUT2D eigenvalue weighted by Crippen LogP contribution is -2.61. The van der Waals surface area contributed by atoms with Crippen LogP contribution in [0.25, 0.3) is 0 Å². The van der Waals surface area contributed by atoms with Crippen molar-refractivity contribution < 1.29 is 19.8 Å². The molecule has 0 heterocycles. The van der Waals surface area contributed by atoms with Crippen LogP contribution in [0.4, 0.5) is 0 Å². The van der Waals surface area contributed by atoms with Crippen LogP contribution in [-0.4, -0.2) is 33.5 Å². The normalized spacial score (nSPS) is 51.4. The molecular formula is C21H28O4. The Morgan fingerprint density at radius 1 is 1.28 bits per heavy atom. The Hall–Kier alpha value is -1.26. The number of aliphatic hydroxyl groups is 2. The maximum atomic E-state index is 12.2. The summed E-state index contributed by atoms with van der Waals surface area (Å²) >= 11 is 0. The van der Waals surface area contributed by atoms with Crippen molar-refractivity contribution in [3.8, 4) is 0 Å². The molecule has 0 aromatic rings. The summed E-state index contributed by atoms with van der Waals surface area (Å²) in [7, 11) is 0. The zero-order chi connectivity index (χ0) is 18.2. The average molecular weight is 344 g/mol. The van der Waals surface area contributed by atoms with Gasteiger partial charge < -0.3 is 10.2 Å². The second-order valence-corrected chi connectivity index (χ2v) is 9.17. The lowest BCUT2D eigenvalue weighted by molar-refractivity contribution is -0.175. The quantitative estimate of drug-likeness (QED) is 0.767. The maximum absolute atomic E-state index is 12.2. The topological polar surface area (TPSA) is 74.6 Å². The molecule has 0 amide bonds. The number of hydrogen-bond acceptors (Lipinski definition) is 4. The second-order valence-electron chi connectivity index (χ2n) is 9.17. The molecule has 3 saturated carbocycles. The van der Waals surface area contributed by atoms with Gasteiger partial charge in [-0.25, -0.2) is 0 Å². The van der Waals surface area contributed by atoms with Crippen LogP contribution in [-0.2, 0) is 9.59 Å². The van der Waals surface area contributed by atoms with Gasteiger partial charge in [-0.05, 0) is 63.0 Å². The molecule has 3 fully saturated rings. The smallest absolute Gasteiger partial charge is 0.178 e. The molecule has 0 bridgehead atoms. The third-order valence-corrected chi connectivity index (χ3v) is 8.23. The van der Waals surface area contributed by atoms with Gasteiger partial charge in [0.25, 0.3) is 0 Å². The Labute approximate surface area is 149 Å². The molecule has 4 nitrogen and oxygen atoms in total. The number of carbonyl (C=O) groups excluding carboxylic acids is 2. The molecule has 0 aromatic heterocycles. The number of carbonyl (C=O) groups is 2. The van der Waals surface area contributed by atoms with E-state index in [1.807, 2.05) is 13.0 Å². The molecule has 136 valence electrons. The molecule has 0 aromatic carbocycles. The van der Waals surface area contributed by atoms with Crippen molar-refractivity contribution in [1.29, 1.82) is 0 Å². The molecule has 2 N–H and O–H groups in total. The monoisotopic (exact) mass is 344 g/mol. The fourth-order valence-electron chi connectivity index (χ4n) is 6.91. The number of allylic oxidation sites excluding steroid dienone is 4. The van der Waals surface area contributed by atoms with E-state index in [1.54, 1.807) is 12.2 Å². The largest absolute Gasteiger partial charge is 0.393 e. The Bertz CT molecular complexity index is 707. The Morgan fingerprint density at radius 2 is 2.00 bits per heavy atom. The van der Waals surface area contributed by atoms with Gasteiger partial charge in [0, 0.05) is 16.7 Å². The van der Waals surface area contributed by atoms with E-state index in [4.69, 9.17) is 0 Å². The molecule has 4 rings (SSSR count). The molecule has 0 radical (unpaired) electrons. The van der Waals surface area contributed by atoms with E-state index in [1.165, 1.54) is 6.92 Å². The SMILES string of the molecule is CC(=O)[C@@]1(O)CC[C@H]2[C@@H]3CCC4=CC(=O)C=C[C@]4(C)[C@H]3[C@H](O)C[C@@]21C. The zero-order valence-corrected chi connectivity index (χ0v) is 15.3. The minimum absolute atomic E-state index is 0.0351. The number of rotatable bonds is 1. The van der Waals surface area contributed by atoms with Crippen LogP contribution in [0.5, 0.6) is 0 Å². The lowest BCUT2D eigenvalue weighted by atomic mass is 9.46. The first-order valence-corrected chi connectivity index (χ1v) is 9.49. The molecule has 7 atom stereocenters. The van der Waals surface area contributed by atoms with Crippen LogP contribution in [0.15, 0.2) is 23.8 Å². The highest BCUT2D eigenvalue weighted by Gasteiger charge is 2.67. The van der Waals surface area contributed by atoms with Crippen molar-refractivity contribution in [3.63, 3.8) is 0 Å². The number of aliphatic hydroxyl groups excluding tert-OH is 1. The van der Waals surface area contributed by atoms with Gasteiger partial charge in [-0.1, -0.05) is 25.5 Å². The van der Waals surface area contributed by atoms with Crippen molar-refractivity contribution in [2.75, 3.05) is 0 Å². The predicted octanol–water partition coefficient (Wildman–Crippen LogP) is 2.59. The van der Waals surface area contributed by atoms with Crippen LogP contribution in [0.2, 0.25) is 0 Å². The van der Waals surface area contributed by atoms with Gasteiger partial charge in [-0.2, -0.15) is 0 Å². The van der Waals surface area contributed by atoms with Gasteiger partial charge in [-0.3, -0.25) is 9.59 Å². The van der Waals surface area contributed by atoms with Crippen molar-refractivity contribution >= 4 is 11.6 Å². The standard InChI is InChI=1S/C21H28O4/c1-12(22)21(25)9-7-16-15-5-4-13-10-14(23)6-8-19(13,2)18(15)17(24)11-20(16,21)3/h6,8,10,15-18,24-25H,4-5,7,9,11H2,1-3H3/t15-,16-,17+,18+,19-,20-,21-/m0/s1. The first kappa shape index (κ1) is 17.2. The molecule has 4 aliphatic rings. The average Bonchev–Trinajstić information content (AvgIpc) is 2.80. The molecule has 0 saturated heterocycles. The van der Waals surface area contributed by atoms with Crippen molar-refractivity contribution in [2.45, 2.75) is 64.6 Å². The number of hydrogen-bond donors (Lipinski definition) is 2. The Balaban J connectivity index is 1.76. The van der Waals surface area contributed by atoms with E-state index in [0.29, 0.717) is 12.8 Å². The number of ketones is 2. The van der Waals surface area contributed by atoms with Crippen LogP contribution in [0.1, 0.15) is 52.9 Å². The summed E-state index contributed by atoms with van der Waals surface area (Å²) in [6.07, 6.45) is 8.32. The van der Waals surface area contributed by atoms with Gasteiger partial charge >= 0.3 is 0 Å². The summed E-state index contributed by atoms with van der Waals surface area (Å²) in [5.74, 6) is 0.410. The first-order chi connectivity index (χ1) is 11.6. The van der Waals surface area contributed by atoms with E-state index < -0.39 is 17.1 Å². The highest BCUT2D eigenvalue weighted by molar-refractivity contribution is 6.01. The highest BCUT2D eigenvalue weighted by Crippen LogP contribution is 2.66. The summed E-state index contributed by atoms with van der Waals surface area (Å²) in [4.78, 5) is 24.0. The lowest BCUT2D eigenvalue weighted by Gasteiger charge is -2.59. The van der Waals surface area contributed by atoms with Gasteiger partial charge in [0.2, 0.25) is 0 Å². The molecule has 25 heavy (non-hydrogen) atoms. The zero-order valence-electron chi connectivity index (χ0n) is 15.3. The van der Waals surface area contributed by atoms with Gasteiger partial charge in [0.15, 0.2) is 11.6 Å². The third kappa shape index (κ3) is 2.01. The van der Waals surface area contributed by atoms with Gasteiger partial charge in [0.05, 0.1) is 6.10 Å². The summed E-state index contributed by atoms with van der Waals surface area (Å²) in [5.41, 5.74) is -1.05. The number of Topliss-reactive ketones (excluding diaryl/α,β-unsaturated/α-hetero) is 1. The van der Waals surface area contributed by atoms with Crippen molar-refractivity contribution in [3.05, 3.63) is 23.8 Å². The predicted molar refractivity (Wildman–Crippen MR) is 93.6 cm³/mol. The highest BCUT2D eigenvalue weighted by atomic mass is 16.3. The fraction of sp³-hybridized carbons (Fsp3) is 0.714. The summed E-state index contributed by atoms with van der Waals surface area (Å²) in [6, 6.07) is 0. The van der Waals surface area contributed by atoms with E-state index in [-0.39, 0.29) is 34.7 Å². The summed E-state index contributed by atoms with van der Waals surface area (Å²) < 4.78 is 0. The van der Waals surface area contributed by atoms with Crippen LogP contribution < -0.4 is 0 Å². The van der Waals surface area contributed by atoms with Crippen LogP contribution in [0, 0.1) is 28.6 Å². The van der Waals surface area contributed by atoms with Crippen LogP contribution >= 0.6 is 0 Å². The van der Waals surface area contributed by atoms with Gasteiger partial charge in [-0.15, -0.1) is 0 Å². The Morgan fingerprint density at radius 3 is 2.68 bits per heavy atom. The maximum Gasteiger partial charge on any atom is 0.178 e. The molecule has 0 unspecified atom stereocenters.